The summed E-state index contributed by atoms with van der Waals surface area (Å²) in [6.45, 7) is 2.14. The zero-order valence-electron chi connectivity index (χ0n) is 7.27. The van der Waals surface area contributed by atoms with Crippen molar-refractivity contribution >= 4 is 38.5 Å². The third-order valence-corrected chi connectivity index (χ3v) is 4.28. The molecule has 0 atom stereocenters. The summed E-state index contributed by atoms with van der Waals surface area (Å²) in [5.41, 5.74) is 1.99. The molecule has 0 saturated carbocycles. The predicted molar refractivity (Wildman–Crippen MR) is 65.6 cm³/mol. The van der Waals surface area contributed by atoms with Crippen LogP contribution in [0.5, 0.6) is 0 Å². The molecule has 0 heterocycles. The molecule has 0 aromatic heterocycles. The van der Waals surface area contributed by atoms with E-state index in [4.69, 9.17) is 5.26 Å². The van der Waals surface area contributed by atoms with Crippen molar-refractivity contribution in [2.75, 3.05) is 0 Å². The normalized spacial score (nSPS) is 9.69. The minimum absolute atomic E-state index is 0.762. The fourth-order valence-corrected chi connectivity index (χ4v) is 2.10. The number of nitriles is 1. The number of benzene rings is 1. The summed E-state index contributed by atoms with van der Waals surface area (Å²) in [6.07, 6.45) is 2.14. The van der Waals surface area contributed by atoms with E-state index >= 15 is 0 Å². The Morgan fingerprint density at radius 3 is 2.77 bits per heavy atom. The molecule has 0 amide bonds. The summed E-state index contributed by atoms with van der Waals surface area (Å²) in [4.78, 5) is 0. The zero-order chi connectivity index (χ0) is 9.84. The lowest BCUT2D eigenvalue weighted by Crippen LogP contribution is -1.89. The average molecular weight is 350 g/mol. The van der Waals surface area contributed by atoms with E-state index in [1.807, 2.05) is 6.07 Å². The average Bonchev–Trinajstić information content (AvgIpc) is 2.11. The molecule has 1 aromatic rings. The van der Waals surface area contributed by atoms with Crippen LogP contribution in [0, 0.1) is 14.9 Å². The number of hydrogen-bond acceptors (Lipinski definition) is 1. The summed E-state index contributed by atoms with van der Waals surface area (Å²) in [7, 11) is 0. The molecule has 0 bridgehead atoms. The first-order chi connectivity index (χ1) is 6.19. The summed E-state index contributed by atoms with van der Waals surface area (Å²) in [5.74, 6) is 0. The van der Waals surface area contributed by atoms with E-state index in [2.05, 4.69) is 57.6 Å². The van der Waals surface area contributed by atoms with Gasteiger partial charge < -0.3 is 0 Å². The minimum atomic E-state index is 0.762. The van der Waals surface area contributed by atoms with Gasteiger partial charge in [0.25, 0.3) is 0 Å². The molecule has 1 rings (SSSR count). The Kier molecular flexibility index (Phi) is 4.20. The van der Waals surface area contributed by atoms with E-state index in [0.717, 1.165) is 26.4 Å². The quantitative estimate of drug-likeness (QED) is 0.743. The predicted octanol–water partition coefficient (Wildman–Crippen LogP) is 3.88. The van der Waals surface area contributed by atoms with Crippen LogP contribution in [0.1, 0.15) is 24.5 Å². The second kappa shape index (κ2) is 4.97. The first kappa shape index (κ1) is 11.0. The molecule has 0 fully saturated rings. The number of aryl methyl sites for hydroxylation is 1. The maximum atomic E-state index is 8.86. The lowest BCUT2D eigenvalue weighted by atomic mass is 10.1. The lowest BCUT2D eigenvalue weighted by Gasteiger charge is -2.03. The number of halogens is 2. The van der Waals surface area contributed by atoms with Crippen molar-refractivity contribution in [1.29, 1.82) is 5.26 Å². The van der Waals surface area contributed by atoms with Gasteiger partial charge in [0.15, 0.2) is 0 Å². The molecular weight excluding hydrogens is 341 g/mol. The highest BCUT2D eigenvalue weighted by Crippen LogP contribution is 2.24. The van der Waals surface area contributed by atoms with Crippen LogP contribution in [-0.4, -0.2) is 0 Å². The van der Waals surface area contributed by atoms with E-state index in [-0.39, 0.29) is 0 Å². The van der Waals surface area contributed by atoms with E-state index in [1.165, 1.54) is 5.56 Å². The van der Waals surface area contributed by atoms with Crippen LogP contribution >= 0.6 is 38.5 Å². The van der Waals surface area contributed by atoms with Crippen LogP contribution in [0.4, 0.5) is 0 Å². The molecule has 0 aliphatic carbocycles. The smallest absolute Gasteiger partial charge is 0.100 e. The molecule has 0 saturated heterocycles. The van der Waals surface area contributed by atoms with Crippen molar-refractivity contribution in [3.63, 3.8) is 0 Å². The molecule has 0 aliphatic rings. The Morgan fingerprint density at radius 2 is 2.23 bits per heavy atom. The maximum absolute atomic E-state index is 8.86. The maximum Gasteiger partial charge on any atom is 0.100 e. The van der Waals surface area contributed by atoms with Gasteiger partial charge in [0, 0.05) is 8.04 Å². The molecule has 3 heteroatoms. The number of hydrogen-bond donors (Lipinski definition) is 0. The van der Waals surface area contributed by atoms with Crippen molar-refractivity contribution in [3.05, 3.63) is 31.3 Å². The second-order valence-corrected chi connectivity index (χ2v) is 4.73. The van der Waals surface area contributed by atoms with Crippen LogP contribution in [0.25, 0.3) is 0 Å². The monoisotopic (exact) mass is 349 g/mol. The standard InChI is InChI=1S/C10H9BrIN/c1-2-3-7-4-8(6-13)10(12)9(11)5-7/h4-5H,2-3H2,1H3. The fraction of sp³-hybridized carbons (Fsp3) is 0.300. The van der Waals surface area contributed by atoms with Crippen LogP contribution < -0.4 is 0 Å². The first-order valence-corrected chi connectivity index (χ1v) is 5.94. The van der Waals surface area contributed by atoms with Crippen LogP contribution in [0.3, 0.4) is 0 Å². The summed E-state index contributed by atoms with van der Waals surface area (Å²) >= 11 is 5.63. The summed E-state index contributed by atoms with van der Waals surface area (Å²) in [6, 6.07) is 6.26. The van der Waals surface area contributed by atoms with E-state index < -0.39 is 0 Å². The minimum Gasteiger partial charge on any atom is -0.192 e. The molecule has 0 N–H and O–H groups in total. The Hall–Kier alpha value is -0.0800. The topological polar surface area (TPSA) is 23.8 Å². The van der Waals surface area contributed by atoms with Crippen molar-refractivity contribution in [2.45, 2.75) is 19.8 Å². The molecule has 1 aromatic carbocycles. The van der Waals surface area contributed by atoms with Crippen LogP contribution in [0.2, 0.25) is 0 Å². The number of nitrogens with zero attached hydrogens (tertiary/aromatic N) is 1. The van der Waals surface area contributed by atoms with Crippen molar-refractivity contribution in [1.82, 2.24) is 0 Å². The summed E-state index contributed by atoms with van der Waals surface area (Å²) < 4.78 is 2.02. The molecule has 1 nitrogen and oxygen atoms in total. The Morgan fingerprint density at radius 1 is 1.54 bits per heavy atom. The Labute approximate surface area is 100 Å². The fourth-order valence-electron chi connectivity index (χ4n) is 1.16. The molecule has 0 radical (unpaired) electrons. The molecule has 68 valence electrons. The van der Waals surface area contributed by atoms with E-state index in [0.29, 0.717) is 0 Å². The highest BCUT2D eigenvalue weighted by Gasteiger charge is 2.05. The molecule has 13 heavy (non-hydrogen) atoms. The summed E-state index contributed by atoms with van der Waals surface area (Å²) in [5, 5.41) is 8.86. The first-order valence-electron chi connectivity index (χ1n) is 4.07. The molecule has 0 spiro atoms. The molecule has 0 unspecified atom stereocenters. The molecular formula is C10H9BrIN. The van der Waals surface area contributed by atoms with Gasteiger partial charge in [-0.2, -0.15) is 5.26 Å². The van der Waals surface area contributed by atoms with Gasteiger partial charge in [-0.05, 0) is 62.6 Å². The second-order valence-electron chi connectivity index (χ2n) is 2.80. The molecule has 0 aliphatic heterocycles. The van der Waals surface area contributed by atoms with Crippen molar-refractivity contribution < 1.29 is 0 Å². The van der Waals surface area contributed by atoms with Gasteiger partial charge in [-0.3, -0.25) is 0 Å². The van der Waals surface area contributed by atoms with E-state index in [1.54, 1.807) is 0 Å². The van der Waals surface area contributed by atoms with Crippen LogP contribution in [-0.2, 0) is 6.42 Å². The lowest BCUT2D eigenvalue weighted by molar-refractivity contribution is 0.919. The SMILES string of the molecule is CCCc1cc(Br)c(I)c(C#N)c1. The Bertz CT molecular complexity index is 355. The number of rotatable bonds is 2. The van der Waals surface area contributed by atoms with Crippen molar-refractivity contribution in [2.24, 2.45) is 0 Å². The van der Waals surface area contributed by atoms with Gasteiger partial charge in [-0.15, -0.1) is 0 Å². The van der Waals surface area contributed by atoms with Crippen LogP contribution in [0.15, 0.2) is 16.6 Å². The van der Waals surface area contributed by atoms with E-state index in [9.17, 15) is 0 Å². The van der Waals surface area contributed by atoms with Gasteiger partial charge >= 0.3 is 0 Å². The van der Waals surface area contributed by atoms with Gasteiger partial charge in [0.2, 0.25) is 0 Å². The van der Waals surface area contributed by atoms with Gasteiger partial charge in [-0.25, -0.2) is 0 Å². The third kappa shape index (κ3) is 2.68. The van der Waals surface area contributed by atoms with Gasteiger partial charge in [-0.1, -0.05) is 13.3 Å². The third-order valence-electron chi connectivity index (χ3n) is 1.75. The largest absolute Gasteiger partial charge is 0.192 e. The van der Waals surface area contributed by atoms with Gasteiger partial charge in [0.05, 0.1) is 5.56 Å². The highest BCUT2D eigenvalue weighted by atomic mass is 127. The van der Waals surface area contributed by atoms with Gasteiger partial charge in [0.1, 0.15) is 6.07 Å². The van der Waals surface area contributed by atoms with Crippen molar-refractivity contribution in [3.8, 4) is 6.07 Å². The zero-order valence-corrected chi connectivity index (χ0v) is 11.0. The highest BCUT2D eigenvalue weighted by molar-refractivity contribution is 14.1. The Balaban J connectivity index is 3.16.